The van der Waals surface area contributed by atoms with Gasteiger partial charge in [-0.3, -0.25) is 4.72 Å². The number of rotatable bonds is 3. The van der Waals surface area contributed by atoms with Gasteiger partial charge < -0.3 is 0 Å². The number of hydrogen-bond donors (Lipinski definition) is 1. The number of nitrogens with zero attached hydrogens (tertiary/aromatic N) is 2. The molecule has 0 saturated heterocycles. The van der Waals surface area contributed by atoms with Crippen molar-refractivity contribution >= 4 is 27.0 Å². The molecule has 0 amide bonds. The van der Waals surface area contributed by atoms with Crippen LogP contribution in [0.4, 0.5) is 14.5 Å². The van der Waals surface area contributed by atoms with Crippen LogP contribution in [0.2, 0.25) is 0 Å². The minimum atomic E-state index is -3.92. The fourth-order valence-corrected chi connectivity index (χ4v) is 3.31. The second-order valence-electron chi connectivity index (χ2n) is 3.28. The summed E-state index contributed by atoms with van der Waals surface area (Å²) >= 11 is 0.944. The summed E-state index contributed by atoms with van der Waals surface area (Å²) in [5.74, 6) is -2.25. The lowest BCUT2D eigenvalue weighted by Gasteiger charge is -2.05. The van der Waals surface area contributed by atoms with E-state index in [-0.39, 0.29) is 4.21 Å². The van der Waals surface area contributed by atoms with Gasteiger partial charge in [-0.1, -0.05) is 0 Å². The fourth-order valence-electron chi connectivity index (χ4n) is 1.15. The Bertz CT molecular complexity index is 685. The van der Waals surface area contributed by atoms with Crippen molar-refractivity contribution in [2.75, 3.05) is 4.72 Å². The van der Waals surface area contributed by atoms with Gasteiger partial charge in [-0.2, -0.15) is 13.8 Å². The molecule has 96 valence electrons. The zero-order valence-corrected chi connectivity index (χ0v) is 10.6. The molecule has 2 heterocycles. The van der Waals surface area contributed by atoms with Gasteiger partial charge in [0, 0.05) is 0 Å². The highest BCUT2D eigenvalue weighted by Gasteiger charge is 2.19. The standard InChI is InChI=1S/C9H7F2N3O2S2/c1-5-12-4-8(17-5)18(15,16)14-6-2-3-7(10)13-9(6)11/h2-4,14H,1H3. The van der Waals surface area contributed by atoms with Crippen LogP contribution in [0.1, 0.15) is 5.01 Å². The summed E-state index contributed by atoms with van der Waals surface area (Å²) in [7, 11) is -3.92. The largest absolute Gasteiger partial charge is 0.274 e. The Balaban J connectivity index is 2.33. The molecule has 2 rings (SSSR count). The van der Waals surface area contributed by atoms with Gasteiger partial charge >= 0.3 is 0 Å². The van der Waals surface area contributed by atoms with Crippen LogP contribution in [0.5, 0.6) is 0 Å². The maximum Gasteiger partial charge on any atom is 0.273 e. The van der Waals surface area contributed by atoms with E-state index in [1.807, 2.05) is 4.72 Å². The quantitative estimate of drug-likeness (QED) is 0.877. The molecule has 0 aliphatic heterocycles. The number of thiazole rings is 1. The summed E-state index contributed by atoms with van der Waals surface area (Å²) in [6.45, 7) is 1.64. The SMILES string of the molecule is Cc1ncc(S(=O)(=O)Nc2ccc(F)nc2F)s1. The summed E-state index contributed by atoms with van der Waals surface area (Å²) in [6, 6.07) is 1.82. The highest BCUT2D eigenvalue weighted by Crippen LogP contribution is 2.22. The fraction of sp³-hybridized carbons (Fsp3) is 0.111. The molecule has 9 heteroatoms. The van der Waals surface area contributed by atoms with E-state index in [9.17, 15) is 17.2 Å². The zero-order chi connectivity index (χ0) is 13.3. The molecular weight excluding hydrogens is 284 g/mol. The molecule has 0 aliphatic carbocycles. The molecule has 0 bridgehead atoms. The van der Waals surface area contributed by atoms with Gasteiger partial charge in [-0.25, -0.2) is 13.4 Å². The Kier molecular flexibility index (Phi) is 3.26. The summed E-state index contributed by atoms with van der Waals surface area (Å²) in [5.41, 5.74) is -0.414. The number of sulfonamides is 1. The lowest BCUT2D eigenvalue weighted by molar-refractivity contribution is 0.515. The van der Waals surface area contributed by atoms with Crippen molar-refractivity contribution in [2.45, 2.75) is 11.1 Å². The Morgan fingerprint density at radius 3 is 2.61 bits per heavy atom. The van der Waals surface area contributed by atoms with Gasteiger partial charge in [0.15, 0.2) is 4.21 Å². The number of pyridine rings is 1. The molecule has 0 aliphatic rings. The van der Waals surface area contributed by atoms with Crippen molar-refractivity contribution < 1.29 is 17.2 Å². The van der Waals surface area contributed by atoms with Crippen LogP contribution >= 0.6 is 11.3 Å². The molecule has 0 aromatic carbocycles. The monoisotopic (exact) mass is 291 g/mol. The molecule has 2 aromatic heterocycles. The van der Waals surface area contributed by atoms with Crippen LogP contribution in [0.25, 0.3) is 0 Å². The number of halogens is 2. The van der Waals surface area contributed by atoms with E-state index >= 15 is 0 Å². The minimum absolute atomic E-state index is 0.0521. The molecule has 0 unspecified atom stereocenters. The third-order valence-corrected chi connectivity index (χ3v) is 4.66. The number of hydrogen-bond acceptors (Lipinski definition) is 5. The molecule has 5 nitrogen and oxygen atoms in total. The normalized spacial score (nSPS) is 11.5. The van der Waals surface area contributed by atoms with E-state index in [2.05, 4.69) is 9.97 Å². The molecule has 0 radical (unpaired) electrons. The van der Waals surface area contributed by atoms with E-state index in [1.165, 1.54) is 0 Å². The molecule has 0 spiro atoms. The molecule has 0 saturated carbocycles. The Labute approximate surface area is 106 Å². The zero-order valence-electron chi connectivity index (χ0n) is 9.02. The van der Waals surface area contributed by atoms with Crippen LogP contribution in [0.15, 0.2) is 22.5 Å². The Morgan fingerprint density at radius 2 is 2.06 bits per heavy atom. The predicted molar refractivity (Wildman–Crippen MR) is 61.8 cm³/mol. The van der Waals surface area contributed by atoms with Crippen LogP contribution in [0, 0.1) is 18.8 Å². The summed E-state index contributed by atoms with van der Waals surface area (Å²) in [6.07, 6.45) is 1.16. The second kappa shape index (κ2) is 4.58. The first-order chi connectivity index (χ1) is 8.38. The Hall–Kier alpha value is -1.61. The molecule has 0 fully saturated rings. The van der Waals surface area contributed by atoms with Gasteiger partial charge in [0.2, 0.25) is 11.9 Å². The average Bonchev–Trinajstić information content (AvgIpc) is 2.70. The highest BCUT2D eigenvalue weighted by molar-refractivity contribution is 7.94. The van der Waals surface area contributed by atoms with Crippen LogP contribution in [-0.4, -0.2) is 18.4 Å². The van der Waals surface area contributed by atoms with Crippen molar-refractivity contribution in [1.82, 2.24) is 9.97 Å². The third kappa shape index (κ3) is 2.62. The van der Waals surface area contributed by atoms with Crippen LogP contribution in [0.3, 0.4) is 0 Å². The number of nitrogens with one attached hydrogen (secondary N) is 1. The number of anilines is 1. The first-order valence-corrected chi connectivity index (χ1v) is 6.96. The lowest BCUT2D eigenvalue weighted by Crippen LogP contribution is -2.13. The molecule has 1 N–H and O–H groups in total. The third-order valence-electron chi connectivity index (χ3n) is 1.92. The van der Waals surface area contributed by atoms with Crippen molar-refractivity contribution in [3.8, 4) is 0 Å². The van der Waals surface area contributed by atoms with Crippen molar-refractivity contribution in [2.24, 2.45) is 0 Å². The average molecular weight is 291 g/mol. The van der Waals surface area contributed by atoms with E-state index < -0.39 is 27.6 Å². The topological polar surface area (TPSA) is 72.0 Å². The molecule has 2 aromatic rings. The van der Waals surface area contributed by atoms with Crippen LogP contribution < -0.4 is 4.72 Å². The minimum Gasteiger partial charge on any atom is -0.274 e. The van der Waals surface area contributed by atoms with E-state index in [0.29, 0.717) is 5.01 Å². The summed E-state index contributed by atoms with van der Waals surface area (Å²) in [4.78, 5) is 6.68. The van der Waals surface area contributed by atoms with Crippen molar-refractivity contribution in [1.29, 1.82) is 0 Å². The summed E-state index contributed by atoms with van der Waals surface area (Å²) in [5, 5.41) is 0.563. The first kappa shape index (κ1) is 12.8. The van der Waals surface area contributed by atoms with Gasteiger partial charge in [0.1, 0.15) is 5.69 Å². The second-order valence-corrected chi connectivity index (χ2v) is 6.42. The van der Waals surface area contributed by atoms with E-state index in [1.54, 1.807) is 6.92 Å². The maximum absolute atomic E-state index is 13.2. The van der Waals surface area contributed by atoms with Crippen LogP contribution in [-0.2, 0) is 10.0 Å². The first-order valence-electron chi connectivity index (χ1n) is 4.66. The van der Waals surface area contributed by atoms with Crippen molar-refractivity contribution in [3.05, 3.63) is 35.2 Å². The van der Waals surface area contributed by atoms with Gasteiger partial charge in [-0.15, -0.1) is 11.3 Å². The molecule has 0 atom stereocenters. The molecular formula is C9H7F2N3O2S2. The van der Waals surface area contributed by atoms with Gasteiger partial charge in [0.05, 0.1) is 11.2 Å². The summed E-state index contributed by atoms with van der Waals surface area (Å²) < 4.78 is 51.4. The molecule has 18 heavy (non-hydrogen) atoms. The lowest BCUT2D eigenvalue weighted by atomic mass is 10.4. The highest BCUT2D eigenvalue weighted by atomic mass is 32.2. The van der Waals surface area contributed by atoms with E-state index in [0.717, 1.165) is 29.7 Å². The van der Waals surface area contributed by atoms with Crippen molar-refractivity contribution in [3.63, 3.8) is 0 Å². The van der Waals surface area contributed by atoms with E-state index in [4.69, 9.17) is 0 Å². The predicted octanol–water partition coefficient (Wildman–Crippen LogP) is 1.93. The van der Waals surface area contributed by atoms with Gasteiger partial charge in [-0.05, 0) is 19.1 Å². The Morgan fingerprint density at radius 1 is 1.33 bits per heavy atom. The smallest absolute Gasteiger partial charge is 0.273 e. The maximum atomic E-state index is 13.2. The number of aryl methyl sites for hydroxylation is 1. The van der Waals surface area contributed by atoms with Gasteiger partial charge in [0.25, 0.3) is 10.0 Å². The number of aromatic nitrogens is 2.